The predicted octanol–water partition coefficient (Wildman–Crippen LogP) is 3.43. The van der Waals surface area contributed by atoms with Gasteiger partial charge in [-0.1, -0.05) is 71.5 Å². The van der Waals surface area contributed by atoms with Crippen LogP contribution in [0.5, 0.6) is 0 Å². The lowest BCUT2D eigenvalue weighted by molar-refractivity contribution is 1.15. The highest BCUT2D eigenvalue weighted by Gasteiger charge is 2.03. The van der Waals surface area contributed by atoms with Crippen LogP contribution in [0, 0.1) is 0 Å². The first kappa shape index (κ1) is 12.3. The van der Waals surface area contributed by atoms with Gasteiger partial charge in [-0.3, -0.25) is 0 Å². The van der Waals surface area contributed by atoms with Gasteiger partial charge in [0.2, 0.25) is 0 Å². The van der Waals surface area contributed by atoms with Crippen molar-refractivity contribution in [3.63, 3.8) is 0 Å². The minimum atomic E-state index is 0.818. The lowest BCUT2D eigenvalue weighted by Crippen LogP contribution is -2.21. The molecule has 0 heterocycles. The van der Waals surface area contributed by atoms with Gasteiger partial charge >= 0.3 is 0 Å². The predicted molar refractivity (Wildman–Crippen MR) is 76.4 cm³/mol. The number of hydrogen-bond donors (Lipinski definition) is 0. The summed E-state index contributed by atoms with van der Waals surface area (Å²) >= 11 is 6.00. The molecule has 0 saturated heterocycles. The van der Waals surface area contributed by atoms with Crippen LogP contribution < -0.4 is 5.46 Å². The highest BCUT2D eigenvalue weighted by atomic mass is 35.5. The first-order valence-corrected chi connectivity index (χ1v) is 6.33. The molecular weight excluding hydrogens is 226 g/mol. The van der Waals surface area contributed by atoms with Crippen LogP contribution >= 0.6 is 11.6 Å². The molecule has 2 aromatic carbocycles. The van der Waals surface area contributed by atoms with E-state index in [1.54, 1.807) is 0 Å². The minimum Gasteiger partial charge on any atom is -0.0843 e. The Morgan fingerprint density at radius 3 is 2.53 bits per heavy atom. The average Bonchev–Trinajstić information content (AvgIpc) is 2.38. The van der Waals surface area contributed by atoms with E-state index in [0.717, 1.165) is 17.8 Å². The van der Waals surface area contributed by atoms with E-state index in [-0.39, 0.29) is 0 Å². The minimum absolute atomic E-state index is 0.818. The summed E-state index contributed by atoms with van der Waals surface area (Å²) in [5, 5.41) is 0.818. The zero-order valence-corrected chi connectivity index (χ0v) is 10.7. The average molecular weight is 242 g/mol. The summed E-state index contributed by atoms with van der Waals surface area (Å²) < 4.78 is 0. The van der Waals surface area contributed by atoms with Gasteiger partial charge in [0.1, 0.15) is 0 Å². The van der Waals surface area contributed by atoms with Crippen molar-refractivity contribution < 1.29 is 0 Å². The van der Waals surface area contributed by atoms with Crippen LogP contribution in [0.4, 0.5) is 0 Å². The Morgan fingerprint density at radius 1 is 1.06 bits per heavy atom. The van der Waals surface area contributed by atoms with Crippen molar-refractivity contribution in [2.75, 3.05) is 0 Å². The molecule has 2 aromatic rings. The van der Waals surface area contributed by atoms with Crippen LogP contribution in [0.15, 0.2) is 48.5 Å². The van der Waals surface area contributed by atoms with Crippen molar-refractivity contribution in [1.29, 1.82) is 0 Å². The summed E-state index contributed by atoms with van der Waals surface area (Å²) in [5.41, 5.74) is 3.94. The monoisotopic (exact) mass is 241 g/mol. The molecular formula is C15H15BCl. The lowest BCUT2D eigenvalue weighted by atomic mass is 9.63. The highest BCUT2D eigenvalue weighted by Crippen LogP contribution is 2.10. The fraction of sp³-hybridized carbons (Fsp3) is 0.200. The van der Waals surface area contributed by atoms with Crippen molar-refractivity contribution in [3.8, 4) is 0 Å². The van der Waals surface area contributed by atoms with Gasteiger partial charge in [-0.05, 0) is 24.9 Å². The second-order valence-electron chi connectivity index (χ2n) is 4.09. The van der Waals surface area contributed by atoms with Crippen molar-refractivity contribution in [2.45, 2.75) is 19.7 Å². The number of aryl methyl sites for hydroxylation is 1. The lowest BCUT2D eigenvalue weighted by Gasteiger charge is -2.07. The van der Waals surface area contributed by atoms with Gasteiger partial charge < -0.3 is 0 Å². The van der Waals surface area contributed by atoms with Gasteiger partial charge in [0.05, 0.1) is 0 Å². The second kappa shape index (κ2) is 5.93. The normalized spacial score (nSPS) is 10.2. The van der Waals surface area contributed by atoms with E-state index in [2.05, 4.69) is 50.6 Å². The van der Waals surface area contributed by atoms with Gasteiger partial charge in [-0.15, -0.1) is 0 Å². The van der Waals surface area contributed by atoms with E-state index in [4.69, 9.17) is 11.6 Å². The molecule has 0 aliphatic carbocycles. The summed E-state index contributed by atoms with van der Waals surface area (Å²) in [7, 11) is 2.27. The first-order chi connectivity index (χ1) is 8.29. The summed E-state index contributed by atoms with van der Waals surface area (Å²) in [6.07, 6.45) is 1.98. The highest BCUT2D eigenvalue weighted by molar-refractivity contribution is 6.53. The van der Waals surface area contributed by atoms with Gasteiger partial charge in [-0.2, -0.15) is 0 Å². The molecule has 85 valence electrons. The van der Waals surface area contributed by atoms with Crippen molar-refractivity contribution in [1.82, 2.24) is 0 Å². The molecule has 1 radical (unpaired) electrons. The van der Waals surface area contributed by atoms with Crippen LogP contribution in [-0.4, -0.2) is 7.28 Å². The number of halogens is 1. The van der Waals surface area contributed by atoms with Gasteiger partial charge in [0.25, 0.3) is 0 Å². The molecule has 0 N–H and O–H groups in total. The fourth-order valence-electron chi connectivity index (χ4n) is 1.92. The molecule has 0 saturated carbocycles. The quantitative estimate of drug-likeness (QED) is 0.720. The van der Waals surface area contributed by atoms with Gasteiger partial charge in [0.15, 0.2) is 7.28 Å². The molecule has 17 heavy (non-hydrogen) atoms. The Labute approximate surface area is 109 Å². The van der Waals surface area contributed by atoms with Crippen LogP contribution in [0.1, 0.15) is 18.1 Å². The van der Waals surface area contributed by atoms with E-state index in [1.165, 1.54) is 16.6 Å². The largest absolute Gasteiger partial charge is 0.156 e. The van der Waals surface area contributed by atoms with Crippen molar-refractivity contribution >= 4 is 24.3 Å². The Kier molecular flexibility index (Phi) is 4.27. The SMILES string of the molecule is CCc1cc(Cl)ccc1[B]Cc1ccccc1. The van der Waals surface area contributed by atoms with E-state index in [9.17, 15) is 0 Å². The van der Waals surface area contributed by atoms with Crippen LogP contribution in [0.2, 0.25) is 5.02 Å². The van der Waals surface area contributed by atoms with Crippen LogP contribution in [0.3, 0.4) is 0 Å². The summed E-state index contributed by atoms with van der Waals surface area (Å²) in [4.78, 5) is 0. The van der Waals surface area contributed by atoms with E-state index < -0.39 is 0 Å². The number of hydrogen-bond acceptors (Lipinski definition) is 0. The Balaban J connectivity index is 2.09. The molecule has 0 fully saturated rings. The molecule has 0 amide bonds. The first-order valence-electron chi connectivity index (χ1n) is 5.95. The zero-order chi connectivity index (χ0) is 12.1. The maximum absolute atomic E-state index is 6.00. The van der Waals surface area contributed by atoms with Gasteiger partial charge in [0, 0.05) is 5.02 Å². The number of benzene rings is 2. The second-order valence-corrected chi connectivity index (χ2v) is 4.53. The van der Waals surface area contributed by atoms with E-state index in [0.29, 0.717) is 0 Å². The molecule has 2 heteroatoms. The van der Waals surface area contributed by atoms with Gasteiger partial charge in [-0.25, -0.2) is 0 Å². The molecule has 0 bridgehead atoms. The maximum atomic E-state index is 6.00. The van der Waals surface area contributed by atoms with Crippen LogP contribution in [-0.2, 0) is 12.7 Å². The Morgan fingerprint density at radius 2 is 1.82 bits per heavy atom. The molecule has 0 spiro atoms. The molecule has 0 nitrogen and oxygen atoms in total. The molecule has 0 atom stereocenters. The Hall–Kier alpha value is -1.21. The van der Waals surface area contributed by atoms with Crippen LogP contribution in [0.25, 0.3) is 0 Å². The fourth-order valence-corrected chi connectivity index (χ4v) is 2.12. The topological polar surface area (TPSA) is 0 Å². The third kappa shape index (κ3) is 3.37. The molecule has 0 aliphatic rings. The standard InChI is InChI=1S/C15H15BCl/c1-2-13-10-14(17)8-9-15(13)16-11-12-6-4-3-5-7-12/h3-10H,2,11H2,1H3. The third-order valence-corrected chi connectivity index (χ3v) is 3.12. The maximum Gasteiger partial charge on any atom is 0.156 e. The summed E-state index contributed by atoms with van der Waals surface area (Å²) in [6, 6.07) is 16.6. The molecule has 0 aliphatic heterocycles. The van der Waals surface area contributed by atoms with E-state index >= 15 is 0 Å². The van der Waals surface area contributed by atoms with Crippen molar-refractivity contribution in [3.05, 3.63) is 64.7 Å². The molecule has 0 aromatic heterocycles. The summed E-state index contributed by atoms with van der Waals surface area (Å²) in [6.45, 7) is 2.16. The zero-order valence-electron chi connectivity index (χ0n) is 9.99. The summed E-state index contributed by atoms with van der Waals surface area (Å²) in [5.74, 6) is 0. The molecule has 2 rings (SSSR count). The smallest absolute Gasteiger partial charge is 0.0843 e. The van der Waals surface area contributed by atoms with E-state index in [1.807, 2.05) is 12.1 Å². The number of rotatable bonds is 4. The van der Waals surface area contributed by atoms with Crippen molar-refractivity contribution in [2.24, 2.45) is 0 Å². The Bertz CT molecular complexity index is 480. The third-order valence-electron chi connectivity index (χ3n) is 2.89. The molecule has 0 unspecified atom stereocenters.